The predicted octanol–water partition coefficient (Wildman–Crippen LogP) is 0.837. The predicted molar refractivity (Wildman–Crippen MR) is 101 cm³/mol. The zero-order valence-corrected chi connectivity index (χ0v) is 14.6. The first-order valence-electron chi connectivity index (χ1n) is 9.07. The summed E-state index contributed by atoms with van der Waals surface area (Å²) < 4.78 is 1.66. The van der Waals surface area contributed by atoms with E-state index in [0.29, 0.717) is 11.3 Å². The van der Waals surface area contributed by atoms with Crippen LogP contribution in [0.5, 0.6) is 5.75 Å². The third kappa shape index (κ3) is 3.13. The topological polar surface area (TPSA) is 108 Å². The van der Waals surface area contributed by atoms with Crippen LogP contribution >= 0.6 is 0 Å². The van der Waals surface area contributed by atoms with Crippen LogP contribution in [-0.4, -0.2) is 40.8 Å². The van der Waals surface area contributed by atoms with Crippen LogP contribution in [0.2, 0.25) is 0 Å². The van der Waals surface area contributed by atoms with Gasteiger partial charge < -0.3 is 25.7 Å². The SMILES string of the molecule is Nc1nc(-c2cc(N3CCCN3)ccc2O)cn(C2CCCNC2)c1=O. The maximum Gasteiger partial charge on any atom is 0.293 e. The number of piperidine rings is 1. The molecule has 1 aromatic heterocycles. The number of nitrogen functional groups attached to an aromatic ring is 1. The summed E-state index contributed by atoms with van der Waals surface area (Å²) in [6.07, 6.45) is 4.71. The molecule has 138 valence electrons. The molecule has 3 heterocycles. The molecule has 26 heavy (non-hydrogen) atoms. The van der Waals surface area contributed by atoms with Crippen molar-refractivity contribution in [2.45, 2.75) is 25.3 Å². The number of nitrogens with one attached hydrogen (secondary N) is 2. The lowest BCUT2D eigenvalue weighted by molar-refractivity contribution is 0.364. The molecule has 1 atom stereocenters. The van der Waals surface area contributed by atoms with Crippen molar-refractivity contribution in [3.05, 3.63) is 34.7 Å². The second kappa shape index (κ2) is 6.97. The number of phenolic OH excluding ortho intramolecular Hbond substituents is 1. The fraction of sp³-hybridized carbons (Fsp3) is 0.444. The Morgan fingerprint density at radius 2 is 2.15 bits per heavy atom. The minimum Gasteiger partial charge on any atom is -0.507 e. The summed E-state index contributed by atoms with van der Waals surface area (Å²) in [7, 11) is 0. The van der Waals surface area contributed by atoms with E-state index in [0.717, 1.165) is 51.1 Å². The van der Waals surface area contributed by atoms with Gasteiger partial charge in [0.1, 0.15) is 5.75 Å². The van der Waals surface area contributed by atoms with Crippen molar-refractivity contribution in [2.24, 2.45) is 0 Å². The minimum atomic E-state index is -0.278. The smallest absolute Gasteiger partial charge is 0.293 e. The first kappa shape index (κ1) is 16.9. The lowest BCUT2D eigenvalue weighted by Crippen LogP contribution is -2.37. The molecule has 2 saturated heterocycles. The molecule has 8 heteroatoms. The molecule has 0 amide bonds. The van der Waals surface area contributed by atoms with Gasteiger partial charge in [0.2, 0.25) is 0 Å². The van der Waals surface area contributed by atoms with Crippen molar-refractivity contribution < 1.29 is 5.11 Å². The number of nitrogens with two attached hydrogens (primary N) is 1. The van der Waals surface area contributed by atoms with Gasteiger partial charge in [-0.05, 0) is 44.0 Å². The molecule has 1 unspecified atom stereocenters. The van der Waals surface area contributed by atoms with Crippen molar-refractivity contribution in [1.82, 2.24) is 20.3 Å². The van der Waals surface area contributed by atoms with Crippen LogP contribution in [0.3, 0.4) is 0 Å². The molecule has 0 bridgehead atoms. The minimum absolute atomic E-state index is 0.0443. The third-order valence-electron chi connectivity index (χ3n) is 5.05. The second-order valence-corrected chi connectivity index (χ2v) is 6.84. The highest BCUT2D eigenvalue weighted by molar-refractivity contribution is 5.72. The normalized spacial score (nSPS) is 20.5. The van der Waals surface area contributed by atoms with Gasteiger partial charge in [-0.2, -0.15) is 0 Å². The molecule has 0 aliphatic carbocycles. The van der Waals surface area contributed by atoms with Gasteiger partial charge in [-0.25, -0.2) is 10.4 Å². The number of phenols is 1. The third-order valence-corrected chi connectivity index (χ3v) is 5.05. The molecule has 2 aliphatic heterocycles. The Hall–Kier alpha value is -2.58. The molecule has 0 saturated carbocycles. The van der Waals surface area contributed by atoms with Crippen molar-refractivity contribution in [2.75, 3.05) is 36.9 Å². The van der Waals surface area contributed by atoms with Crippen molar-refractivity contribution >= 4 is 11.5 Å². The zero-order chi connectivity index (χ0) is 18.1. The second-order valence-electron chi connectivity index (χ2n) is 6.84. The average Bonchev–Trinajstić information content (AvgIpc) is 3.20. The van der Waals surface area contributed by atoms with E-state index in [4.69, 9.17) is 5.73 Å². The van der Waals surface area contributed by atoms with E-state index >= 15 is 0 Å². The van der Waals surface area contributed by atoms with Gasteiger partial charge in [0.15, 0.2) is 5.82 Å². The number of benzene rings is 1. The van der Waals surface area contributed by atoms with Gasteiger partial charge in [-0.1, -0.05) is 0 Å². The Kier molecular flexibility index (Phi) is 4.52. The van der Waals surface area contributed by atoms with Gasteiger partial charge in [-0.3, -0.25) is 4.79 Å². The molecular weight excluding hydrogens is 332 g/mol. The Morgan fingerprint density at radius 3 is 2.88 bits per heavy atom. The van der Waals surface area contributed by atoms with Crippen LogP contribution in [0.1, 0.15) is 25.3 Å². The molecule has 2 aromatic rings. The molecule has 5 N–H and O–H groups in total. The maximum absolute atomic E-state index is 12.5. The number of rotatable bonds is 3. The Balaban J connectivity index is 1.76. The summed E-state index contributed by atoms with van der Waals surface area (Å²) in [6.45, 7) is 3.53. The molecule has 8 nitrogen and oxygen atoms in total. The zero-order valence-electron chi connectivity index (χ0n) is 14.6. The number of anilines is 2. The van der Waals surface area contributed by atoms with E-state index in [-0.39, 0.29) is 23.2 Å². The van der Waals surface area contributed by atoms with Gasteiger partial charge in [-0.15, -0.1) is 0 Å². The summed E-state index contributed by atoms with van der Waals surface area (Å²) in [5.74, 6) is 0.0731. The summed E-state index contributed by atoms with van der Waals surface area (Å²) in [4.78, 5) is 16.7. The Morgan fingerprint density at radius 1 is 1.27 bits per heavy atom. The van der Waals surface area contributed by atoms with Gasteiger partial charge >= 0.3 is 0 Å². The number of hydrogen-bond acceptors (Lipinski definition) is 7. The van der Waals surface area contributed by atoms with E-state index in [1.807, 2.05) is 17.1 Å². The molecule has 2 fully saturated rings. The standard InChI is InChI=1S/C18H24N6O2/c19-17-18(26)23(13-3-1-6-20-10-13)11-15(22-17)14-9-12(4-5-16(14)25)24-8-2-7-21-24/h4-5,9,11,13,20-21,25H,1-3,6-8,10H2,(H2,19,22). The van der Waals surface area contributed by atoms with Crippen LogP contribution in [0.15, 0.2) is 29.2 Å². The molecule has 0 spiro atoms. The lowest BCUT2D eigenvalue weighted by Gasteiger charge is -2.25. The number of aromatic nitrogens is 2. The summed E-state index contributed by atoms with van der Waals surface area (Å²) in [5.41, 5.74) is 11.0. The lowest BCUT2D eigenvalue weighted by atomic mass is 10.1. The summed E-state index contributed by atoms with van der Waals surface area (Å²) in [6, 6.07) is 5.44. The number of hydrogen-bond donors (Lipinski definition) is 4. The van der Waals surface area contributed by atoms with Gasteiger partial charge in [0.25, 0.3) is 5.56 Å². The fourth-order valence-corrected chi connectivity index (χ4v) is 3.65. The summed E-state index contributed by atoms with van der Waals surface area (Å²) in [5, 5.41) is 15.7. The van der Waals surface area contributed by atoms with Crippen LogP contribution in [-0.2, 0) is 0 Å². The van der Waals surface area contributed by atoms with Crippen LogP contribution in [0, 0.1) is 0 Å². The summed E-state index contributed by atoms with van der Waals surface area (Å²) >= 11 is 0. The van der Waals surface area contributed by atoms with Crippen LogP contribution < -0.4 is 27.0 Å². The number of nitrogens with zero attached hydrogens (tertiary/aromatic N) is 3. The van der Waals surface area contributed by atoms with E-state index in [1.165, 1.54) is 0 Å². The van der Waals surface area contributed by atoms with Crippen LogP contribution in [0.25, 0.3) is 11.3 Å². The van der Waals surface area contributed by atoms with Crippen molar-refractivity contribution in [1.29, 1.82) is 0 Å². The monoisotopic (exact) mass is 356 g/mol. The van der Waals surface area contributed by atoms with Gasteiger partial charge in [0.05, 0.1) is 11.4 Å². The highest BCUT2D eigenvalue weighted by Gasteiger charge is 2.20. The fourth-order valence-electron chi connectivity index (χ4n) is 3.65. The first-order chi connectivity index (χ1) is 12.6. The molecule has 2 aliphatic rings. The quantitative estimate of drug-likeness (QED) is 0.645. The average molecular weight is 356 g/mol. The van der Waals surface area contributed by atoms with Crippen molar-refractivity contribution in [3.63, 3.8) is 0 Å². The van der Waals surface area contributed by atoms with E-state index in [1.54, 1.807) is 16.8 Å². The van der Waals surface area contributed by atoms with E-state index in [2.05, 4.69) is 15.7 Å². The molecule has 1 aromatic carbocycles. The Bertz CT molecular complexity index is 853. The highest BCUT2D eigenvalue weighted by Crippen LogP contribution is 2.32. The van der Waals surface area contributed by atoms with Crippen molar-refractivity contribution in [3.8, 4) is 17.0 Å². The number of hydrazine groups is 1. The highest BCUT2D eigenvalue weighted by atomic mass is 16.3. The molecule has 4 rings (SSSR count). The number of aromatic hydroxyl groups is 1. The van der Waals surface area contributed by atoms with Gasteiger partial charge in [0, 0.05) is 37.4 Å². The maximum atomic E-state index is 12.5. The Labute approximate surface area is 151 Å². The van der Waals surface area contributed by atoms with Crippen LogP contribution in [0.4, 0.5) is 11.5 Å². The largest absolute Gasteiger partial charge is 0.507 e. The molecule has 0 radical (unpaired) electrons. The van der Waals surface area contributed by atoms with E-state index < -0.39 is 0 Å². The molecular formula is C18H24N6O2. The first-order valence-corrected chi connectivity index (χ1v) is 9.07. The van der Waals surface area contributed by atoms with E-state index in [9.17, 15) is 9.90 Å².